The van der Waals surface area contributed by atoms with E-state index in [1.165, 1.54) is 17.4 Å². The summed E-state index contributed by atoms with van der Waals surface area (Å²) < 4.78 is 2.74. The molecule has 0 bridgehead atoms. The predicted molar refractivity (Wildman–Crippen MR) is 103 cm³/mol. The Balaban J connectivity index is 1.58. The second-order valence-corrected chi connectivity index (χ2v) is 6.76. The second-order valence-electron chi connectivity index (χ2n) is 5.73. The van der Waals surface area contributed by atoms with E-state index in [1.54, 1.807) is 29.1 Å². The van der Waals surface area contributed by atoms with Crippen molar-refractivity contribution in [2.45, 2.75) is 13.5 Å². The van der Waals surface area contributed by atoms with Crippen molar-refractivity contribution in [3.8, 4) is 16.3 Å². The molecular formula is C19H16N4O2S. The molecule has 0 saturated heterocycles. The number of nitrogens with zero attached hydrogens (tertiary/aromatic N) is 3. The van der Waals surface area contributed by atoms with Gasteiger partial charge >= 0.3 is 0 Å². The Hall–Kier alpha value is -3.19. The van der Waals surface area contributed by atoms with Gasteiger partial charge in [-0.3, -0.25) is 9.48 Å². The zero-order valence-electron chi connectivity index (χ0n) is 14.0. The maximum Gasteiger partial charge on any atom is 0.276 e. The number of phenolic OH excluding ortho intramolecular Hbond substituents is 1. The maximum atomic E-state index is 12.2. The Morgan fingerprint density at radius 3 is 2.81 bits per heavy atom. The number of hydrogen-bond donors (Lipinski definition) is 2. The van der Waals surface area contributed by atoms with Crippen molar-refractivity contribution in [2.24, 2.45) is 0 Å². The molecule has 0 aliphatic heterocycles. The summed E-state index contributed by atoms with van der Waals surface area (Å²) in [6, 6.07) is 14.5. The zero-order valence-corrected chi connectivity index (χ0v) is 14.8. The van der Waals surface area contributed by atoms with Gasteiger partial charge in [0, 0.05) is 24.5 Å². The van der Waals surface area contributed by atoms with Crippen molar-refractivity contribution in [1.82, 2.24) is 14.8 Å². The number of aromatic hydroxyl groups is 1. The molecule has 4 rings (SSSR count). The molecule has 0 fully saturated rings. The number of carbonyl (C=O) groups is 1. The quantitative estimate of drug-likeness (QED) is 0.570. The number of thiazole rings is 1. The maximum absolute atomic E-state index is 12.2. The van der Waals surface area contributed by atoms with Crippen LogP contribution in [-0.4, -0.2) is 25.8 Å². The molecule has 2 N–H and O–H groups in total. The largest absolute Gasteiger partial charge is 0.507 e. The van der Waals surface area contributed by atoms with Crippen LogP contribution in [0.2, 0.25) is 0 Å². The van der Waals surface area contributed by atoms with E-state index in [-0.39, 0.29) is 11.7 Å². The highest BCUT2D eigenvalue weighted by molar-refractivity contribution is 7.21. The third kappa shape index (κ3) is 3.04. The number of para-hydroxylation sites is 1. The number of aryl methyl sites for hydroxylation is 1. The SMILES string of the molecule is CCn1ccc(C(=O)Nc2ccc(-c3nc4ccccc4s3)c(O)c2)n1. The van der Waals surface area contributed by atoms with Gasteiger partial charge in [0.15, 0.2) is 5.69 Å². The van der Waals surface area contributed by atoms with E-state index in [0.29, 0.717) is 23.5 Å². The number of anilines is 1. The van der Waals surface area contributed by atoms with Gasteiger partial charge in [0.25, 0.3) is 5.91 Å². The van der Waals surface area contributed by atoms with Crippen LogP contribution in [0.15, 0.2) is 54.7 Å². The van der Waals surface area contributed by atoms with Crippen molar-refractivity contribution >= 4 is 33.1 Å². The summed E-state index contributed by atoms with van der Waals surface area (Å²) in [6.07, 6.45) is 1.75. The van der Waals surface area contributed by atoms with Gasteiger partial charge in [0.2, 0.25) is 0 Å². The first kappa shape index (κ1) is 16.3. The lowest BCUT2D eigenvalue weighted by atomic mass is 10.2. The first-order valence-corrected chi connectivity index (χ1v) is 8.99. The van der Waals surface area contributed by atoms with Crippen LogP contribution >= 0.6 is 11.3 Å². The highest BCUT2D eigenvalue weighted by atomic mass is 32.1. The summed E-state index contributed by atoms with van der Waals surface area (Å²) in [4.78, 5) is 16.8. The molecular weight excluding hydrogens is 348 g/mol. The number of benzene rings is 2. The van der Waals surface area contributed by atoms with E-state index < -0.39 is 0 Å². The topological polar surface area (TPSA) is 80.0 Å². The Bertz CT molecular complexity index is 1070. The minimum atomic E-state index is -0.315. The molecule has 0 saturated carbocycles. The molecule has 6 nitrogen and oxygen atoms in total. The summed E-state index contributed by atoms with van der Waals surface area (Å²) in [6.45, 7) is 2.65. The fraction of sp³-hybridized carbons (Fsp3) is 0.105. The Labute approximate surface area is 153 Å². The molecule has 2 aromatic carbocycles. The predicted octanol–water partition coefficient (Wildman–Crippen LogP) is 4.14. The minimum absolute atomic E-state index is 0.0703. The normalized spacial score (nSPS) is 11.0. The lowest BCUT2D eigenvalue weighted by Gasteiger charge is -2.06. The van der Waals surface area contributed by atoms with Gasteiger partial charge in [-0.2, -0.15) is 5.10 Å². The van der Waals surface area contributed by atoms with Crippen LogP contribution in [0, 0.1) is 0 Å². The molecule has 0 radical (unpaired) electrons. The van der Waals surface area contributed by atoms with Crippen LogP contribution in [0.1, 0.15) is 17.4 Å². The van der Waals surface area contributed by atoms with Crippen LogP contribution in [0.5, 0.6) is 5.75 Å². The van der Waals surface area contributed by atoms with Gasteiger partial charge in [-0.05, 0) is 37.3 Å². The van der Waals surface area contributed by atoms with Crippen LogP contribution < -0.4 is 5.32 Å². The van der Waals surface area contributed by atoms with Gasteiger partial charge in [-0.25, -0.2) is 4.98 Å². The van der Waals surface area contributed by atoms with E-state index in [0.717, 1.165) is 15.2 Å². The van der Waals surface area contributed by atoms with Crippen molar-refractivity contribution < 1.29 is 9.90 Å². The third-order valence-corrected chi connectivity index (χ3v) is 5.05. The van der Waals surface area contributed by atoms with Crippen molar-refractivity contribution in [3.05, 3.63) is 60.4 Å². The highest BCUT2D eigenvalue weighted by Gasteiger charge is 2.13. The summed E-state index contributed by atoms with van der Waals surface area (Å²) in [5.41, 5.74) is 2.38. The Morgan fingerprint density at radius 2 is 2.08 bits per heavy atom. The van der Waals surface area contributed by atoms with Crippen LogP contribution in [-0.2, 0) is 6.54 Å². The molecule has 0 aliphatic carbocycles. The Morgan fingerprint density at radius 1 is 1.23 bits per heavy atom. The molecule has 7 heteroatoms. The van der Waals surface area contributed by atoms with Crippen molar-refractivity contribution in [3.63, 3.8) is 0 Å². The molecule has 0 aliphatic rings. The van der Waals surface area contributed by atoms with Crippen LogP contribution in [0.4, 0.5) is 5.69 Å². The van der Waals surface area contributed by atoms with Crippen LogP contribution in [0.25, 0.3) is 20.8 Å². The molecule has 130 valence electrons. The van der Waals surface area contributed by atoms with Gasteiger partial charge in [0.05, 0.1) is 15.8 Å². The average molecular weight is 364 g/mol. The second kappa shape index (κ2) is 6.61. The molecule has 4 aromatic rings. The van der Waals surface area contributed by atoms with Gasteiger partial charge in [-0.15, -0.1) is 11.3 Å². The van der Waals surface area contributed by atoms with Crippen LogP contribution in [0.3, 0.4) is 0 Å². The number of carbonyl (C=O) groups excluding carboxylic acids is 1. The molecule has 0 spiro atoms. The third-order valence-electron chi connectivity index (χ3n) is 3.98. The summed E-state index contributed by atoms with van der Waals surface area (Å²) in [5, 5.41) is 18.1. The number of nitrogens with one attached hydrogen (secondary N) is 1. The number of aromatic nitrogens is 3. The first-order chi connectivity index (χ1) is 12.6. The van der Waals surface area contributed by atoms with E-state index in [1.807, 2.05) is 31.2 Å². The number of phenols is 1. The average Bonchev–Trinajstić information content (AvgIpc) is 3.28. The molecule has 0 unspecified atom stereocenters. The van der Waals surface area contributed by atoms with Gasteiger partial charge in [-0.1, -0.05) is 12.1 Å². The van der Waals surface area contributed by atoms with Crippen molar-refractivity contribution in [2.75, 3.05) is 5.32 Å². The molecule has 1 amide bonds. The summed E-state index contributed by atoms with van der Waals surface area (Å²) >= 11 is 1.52. The number of amides is 1. The number of fused-ring (bicyclic) bond motifs is 1. The summed E-state index contributed by atoms with van der Waals surface area (Å²) in [7, 11) is 0. The lowest BCUT2D eigenvalue weighted by Crippen LogP contribution is -2.13. The smallest absolute Gasteiger partial charge is 0.276 e. The van der Waals surface area contributed by atoms with E-state index in [9.17, 15) is 9.90 Å². The molecule has 2 heterocycles. The van der Waals surface area contributed by atoms with E-state index in [2.05, 4.69) is 15.4 Å². The Kier molecular flexibility index (Phi) is 4.14. The lowest BCUT2D eigenvalue weighted by molar-refractivity contribution is 0.102. The number of hydrogen-bond acceptors (Lipinski definition) is 5. The molecule has 26 heavy (non-hydrogen) atoms. The first-order valence-electron chi connectivity index (χ1n) is 8.18. The zero-order chi connectivity index (χ0) is 18.1. The number of rotatable bonds is 4. The van der Waals surface area contributed by atoms with E-state index in [4.69, 9.17) is 0 Å². The minimum Gasteiger partial charge on any atom is -0.507 e. The monoisotopic (exact) mass is 364 g/mol. The molecule has 0 atom stereocenters. The highest BCUT2D eigenvalue weighted by Crippen LogP contribution is 2.36. The summed E-state index contributed by atoms with van der Waals surface area (Å²) in [5.74, 6) is -0.245. The van der Waals surface area contributed by atoms with Crippen molar-refractivity contribution in [1.29, 1.82) is 0 Å². The standard InChI is InChI=1S/C19H16N4O2S/c1-2-23-10-9-15(22-23)18(25)20-12-7-8-13(16(24)11-12)19-21-14-5-3-4-6-17(14)26-19/h3-11,24H,2H2,1H3,(H,20,25). The fourth-order valence-corrected chi connectivity index (χ4v) is 3.63. The van der Waals surface area contributed by atoms with Gasteiger partial charge in [0.1, 0.15) is 10.8 Å². The molecule has 2 aromatic heterocycles. The fourth-order valence-electron chi connectivity index (χ4n) is 2.63. The van der Waals surface area contributed by atoms with Gasteiger partial charge < -0.3 is 10.4 Å². The van der Waals surface area contributed by atoms with E-state index >= 15 is 0 Å².